The Hall–Kier alpha value is -3.93. The van der Waals surface area contributed by atoms with E-state index in [0.29, 0.717) is 22.6 Å². The fraction of sp³-hybridized carbons (Fsp3) is 0.0435. The Morgan fingerprint density at radius 3 is 2.59 bits per heavy atom. The molecule has 0 bridgehead atoms. The van der Waals surface area contributed by atoms with E-state index in [1.807, 2.05) is 0 Å². The van der Waals surface area contributed by atoms with Gasteiger partial charge in [0, 0.05) is 11.6 Å². The maximum Gasteiger partial charge on any atom is 0.346 e. The maximum absolute atomic E-state index is 13.8. The van der Waals surface area contributed by atoms with Crippen molar-refractivity contribution >= 4 is 17.8 Å². The molecule has 0 radical (unpaired) electrons. The van der Waals surface area contributed by atoms with E-state index in [0.717, 1.165) is 0 Å². The highest BCUT2D eigenvalue weighted by Gasteiger charge is 2.28. The molecular formula is C23H15FO5. The third-order valence-electron chi connectivity index (χ3n) is 4.38. The highest BCUT2D eigenvalue weighted by molar-refractivity contribution is 6.14. The molecule has 0 fully saturated rings. The van der Waals surface area contributed by atoms with Crippen molar-refractivity contribution in [1.82, 2.24) is 0 Å². The van der Waals surface area contributed by atoms with Crippen LogP contribution in [0, 0.1) is 5.82 Å². The second-order valence-corrected chi connectivity index (χ2v) is 6.21. The molecule has 1 heterocycles. The van der Waals surface area contributed by atoms with Gasteiger partial charge < -0.3 is 14.2 Å². The summed E-state index contributed by atoms with van der Waals surface area (Å²) in [6.07, 6.45) is 1.48. The van der Waals surface area contributed by atoms with Crippen LogP contribution in [0.4, 0.5) is 4.39 Å². The van der Waals surface area contributed by atoms with E-state index in [2.05, 4.69) is 0 Å². The molecule has 144 valence electrons. The number of ketones is 1. The topological polar surface area (TPSA) is 61.8 Å². The molecule has 0 aliphatic carbocycles. The van der Waals surface area contributed by atoms with Gasteiger partial charge in [-0.25, -0.2) is 9.18 Å². The second-order valence-electron chi connectivity index (χ2n) is 6.21. The number of methoxy groups -OCH3 is 1. The molecule has 4 rings (SSSR count). The SMILES string of the molecule is COc1ccc2c(c1)O/C(=C\c1ccccc1OC(=O)c1ccccc1F)C2=O. The van der Waals surface area contributed by atoms with Gasteiger partial charge >= 0.3 is 5.97 Å². The average molecular weight is 390 g/mol. The Morgan fingerprint density at radius 2 is 1.79 bits per heavy atom. The van der Waals surface area contributed by atoms with Crippen molar-refractivity contribution < 1.29 is 28.2 Å². The van der Waals surface area contributed by atoms with Gasteiger partial charge in [-0.05, 0) is 36.4 Å². The zero-order valence-corrected chi connectivity index (χ0v) is 15.3. The zero-order valence-electron chi connectivity index (χ0n) is 15.3. The summed E-state index contributed by atoms with van der Waals surface area (Å²) in [4.78, 5) is 25.0. The van der Waals surface area contributed by atoms with E-state index in [4.69, 9.17) is 14.2 Å². The van der Waals surface area contributed by atoms with Crippen molar-refractivity contribution in [3.63, 3.8) is 0 Å². The minimum Gasteiger partial charge on any atom is -0.497 e. The summed E-state index contributed by atoms with van der Waals surface area (Å²) < 4.78 is 30.0. The number of carbonyl (C=O) groups is 2. The van der Waals surface area contributed by atoms with Gasteiger partial charge in [-0.3, -0.25) is 4.79 Å². The molecule has 0 N–H and O–H groups in total. The predicted octanol–water partition coefficient (Wildman–Crippen LogP) is 4.67. The minimum atomic E-state index is -0.833. The molecule has 6 heteroatoms. The molecule has 3 aromatic rings. The van der Waals surface area contributed by atoms with Crippen molar-refractivity contribution in [2.24, 2.45) is 0 Å². The van der Waals surface area contributed by atoms with Crippen molar-refractivity contribution in [3.05, 3.63) is 95.0 Å². The van der Waals surface area contributed by atoms with Gasteiger partial charge in [0.15, 0.2) is 5.76 Å². The number of halogens is 1. The molecule has 0 atom stereocenters. The predicted molar refractivity (Wildman–Crippen MR) is 104 cm³/mol. The van der Waals surface area contributed by atoms with Crippen LogP contribution >= 0.6 is 0 Å². The summed E-state index contributed by atoms with van der Waals surface area (Å²) in [5, 5.41) is 0. The second kappa shape index (κ2) is 7.59. The van der Waals surface area contributed by atoms with Crippen LogP contribution in [0.2, 0.25) is 0 Å². The first-order valence-corrected chi connectivity index (χ1v) is 8.75. The number of para-hydroxylation sites is 1. The van der Waals surface area contributed by atoms with Gasteiger partial charge in [-0.15, -0.1) is 0 Å². The molecule has 3 aromatic carbocycles. The smallest absolute Gasteiger partial charge is 0.346 e. The van der Waals surface area contributed by atoms with Gasteiger partial charge in [0.2, 0.25) is 5.78 Å². The molecule has 0 saturated heterocycles. The van der Waals surface area contributed by atoms with E-state index < -0.39 is 11.8 Å². The molecule has 1 aliphatic rings. The lowest BCUT2D eigenvalue weighted by Gasteiger charge is -2.08. The van der Waals surface area contributed by atoms with Crippen LogP contribution in [0.15, 0.2) is 72.5 Å². The summed E-state index contributed by atoms with van der Waals surface area (Å²) in [7, 11) is 1.52. The number of rotatable bonds is 4. The lowest BCUT2D eigenvalue weighted by Crippen LogP contribution is -2.11. The van der Waals surface area contributed by atoms with Gasteiger partial charge in [0.05, 0.1) is 18.2 Å². The molecule has 1 aliphatic heterocycles. The number of hydrogen-bond donors (Lipinski definition) is 0. The van der Waals surface area contributed by atoms with Crippen molar-refractivity contribution in [1.29, 1.82) is 0 Å². The average Bonchev–Trinajstić information content (AvgIpc) is 3.04. The quantitative estimate of drug-likeness (QED) is 0.368. The van der Waals surface area contributed by atoms with E-state index in [1.165, 1.54) is 31.4 Å². The van der Waals surface area contributed by atoms with Crippen LogP contribution in [0.1, 0.15) is 26.3 Å². The first-order valence-electron chi connectivity index (χ1n) is 8.75. The van der Waals surface area contributed by atoms with Gasteiger partial charge in [0.25, 0.3) is 0 Å². The monoisotopic (exact) mass is 390 g/mol. The number of benzene rings is 3. The van der Waals surface area contributed by atoms with Crippen LogP contribution < -0.4 is 14.2 Å². The number of fused-ring (bicyclic) bond motifs is 1. The molecule has 0 aromatic heterocycles. The number of allylic oxidation sites excluding steroid dienone is 1. The molecule has 0 saturated carbocycles. The first kappa shape index (κ1) is 18.4. The summed E-state index contributed by atoms with van der Waals surface area (Å²) >= 11 is 0. The zero-order chi connectivity index (χ0) is 20.4. The number of carbonyl (C=O) groups excluding carboxylic acids is 2. The fourth-order valence-electron chi connectivity index (χ4n) is 2.91. The van der Waals surface area contributed by atoms with Crippen LogP contribution in [-0.4, -0.2) is 18.9 Å². The van der Waals surface area contributed by atoms with E-state index in [-0.39, 0.29) is 22.9 Å². The van der Waals surface area contributed by atoms with Crippen LogP contribution in [0.3, 0.4) is 0 Å². The summed E-state index contributed by atoms with van der Waals surface area (Å²) in [6.45, 7) is 0. The number of esters is 1. The Labute approximate surface area is 166 Å². The summed E-state index contributed by atoms with van der Waals surface area (Å²) in [5.74, 6) is -0.579. The number of Topliss-reactive ketones (excluding diaryl/α,β-unsaturated/α-hetero) is 1. The first-order chi connectivity index (χ1) is 14.1. The highest BCUT2D eigenvalue weighted by Crippen LogP contribution is 2.35. The molecule has 0 amide bonds. The summed E-state index contributed by atoms with van der Waals surface area (Å²) in [5.41, 5.74) is 0.681. The van der Waals surface area contributed by atoms with Gasteiger partial charge in [-0.2, -0.15) is 0 Å². The Bertz CT molecular complexity index is 1150. The third-order valence-corrected chi connectivity index (χ3v) is 4.38. The summed E-state index contributed by atoms with van der Waals surface area (Å²) in [6, 6.07) is 17.1. The molecular weight excluding hydrogens is 375 g/mol. The minimum absolute atomic E-state index is 0.0858. The van der Waals surface area contributed by atoms with Crippen LogP contribution in [0.25, 0.3) is 6.08 Å². The normalized spacial score (nSPS) is 13.7. The van der Waals surface area contributed by atoms with E-state index in [9.17, 15) is 14.0 Å². The standard InChI is InChI=1S/C23H15FO5/c1-27-15-10-11-17-20(13-15)28-21(22(17)25)12-14-6-2-5-9-19(14)29-23(26)16-7-3-4-8-18(16)24/h2-13H,1H3/b21-12-. The number of hydrogen-bond acceptors (Lipinski definition) is 5. The Morgan fingerprint density at radius 1 is 1.03 bits per heavy atom. The lowest BCUT2D eigenvalue weighted by atomic mass is 10.1. The van der Waals surface area contributed by atoms with Crippen LogP contribution in [-0.2, 0) is 0 Å². The van der Waals surface area contributed by atoms with E-state index in [1.54, 1.807) is 48.5 Å². The number of ether oxygens (including phenoxy) is 3. The largest absolute Gasteiger partial charge is 0.497 e. The van der Waals surface area contributed by atoms with Gasteiger partial charge in [-0.1, -0.05) is 30.3 Å². The van der Waals surface area contributed by atoms with Gasteiger partial charge in [0.1, 0.15) is 23.1 Å². The molecule has 5 nitrogen and oxygen atoms in total. The maximum atomic E-state index is 13.8. The lowest BCUT2D eigenvalue weighted by molar-refractivity contribution is 0.0729. The third kappa shape index (κ3) is 3.60. The van der Waals surface area contributed by atoms with Crippen molar-refractivity contribution in [2.45, 2.75) is 0 Å². The van der Waals surface area contributed by atoms with E-state index >= 15 is 0 Å². The van der Waals surface area contributed by atoms with Crippen molar-refractivity contribution in [3.8, 4) is 17.2 Å². The Kier molecular flexibility index (Phi) is 4.83. The Balaban J connectivity index is 1.63. The molecule has 0 spiro atoms. The van der Waals surface area contributed by atoms with Crippen LogP contribution in [0.5, 0.6) is 17.2 Å². The fourth-order valence-corrected chi connectivity index (χ4v) is 2.91. The molecule has 0 unspecified atom stereocenters. The molecule has 29 heavy (non-hydrogen) atoms. The highest BCUT2D eigenvalue weighted by atomic mass is 19.1. The van der Waals surface area contributed by atoms with Crippen molar-refractivity contribution in [2.75, 3.05) is 7.11 Å².